The van der Waals surface area contributed by atoms with Gasteiger partial charge in [-0.3, -0.25) is 14.9 Å². The number of amides is 1. The number of pyridine rings is 1. The first-order valence-corrected chi connectivity index (χ1v) is 10.8. The molecule has 176 valence electrons. The van der Waals surface area contributed by atoms with E-state index in [4.69, 9.17) is 11.6 Å². The van der Waals surface area contributed by atoms with E-state index in [0.29, 0.717) is 31.7 Å². The first-order chi connectivity index (χ1) is 15.6. The molecule has 1 saturated carbocycles. The molecule has 1 amide bonds. The third kappa shape index (κ3) is 5.29. The van der Waals surface area contributed by atoms with Crippen LogP contribution in [0.15, 0.2) is 30.5 Å². The summed E-state index contributed by atoms with van der Waals surface area (Å²) in [5.41, 5.74) is -0.472. The van der Waals surface area contributed by atoms with Gasteiger partial charge in [0.15, 0.2) is 0 Å². The predicted octanol–water partition coefficient (Wildman–Crippen LogP) is 4.59. The fourth-order valence-corrected chi connectivity index (χ4v) is 4.00. The summed E-state index contributed by atoms with van der Waals surface area (Å²) in [6, 6.07) is 5.47. The average Bonchev–Trinajstić information content (AvgIpc) is 3.59. The molecular formula is C21H21ClF3N5O3. The van der Waals surface area contributed by atoms with Gasteiger partial charge < -0.3 is 15.1 Å². The standard InChI is InChI=1S/C21H21ClF3N5O3/c22-16-11-14(21(23,24)25)12-26-19(16)28-6-1-7-29(9-8-28)20(31)13-2-5-17(27-15-3-4-15)18(10-13)30(32)33/h2,5,10-12,15,27H,1,3-4,6-9H2. The molecule has 1 aromatic heterocycles. The van der Waals surface area contributed by atoms with Crippen LogP contribution in [0.25, 0.3) is 0 Å². The lowest BCUT2D eigenvalue weighted by Gasteiger charge is -2.24. The zero-order valence-corrected chi connectivity index (χ0v) is 18.2. The topological polar surface area (TPSA) is 91.6 Å². The maximum absolute atomic E-state index is 13.0. The zero-order chi connectivity index (χ0) is 23.8. The molecule has 0 spiro atoms. The first kappa shape index (κ1) is 23.1. The molecule has 33 heavy (non-hydrogen) atoms. The lowest BCUT2D eigenvalue weighted by atomic mass is 10.1. The second-order valence-electron chi connectivity index (χ2n) is 8.07. The van der Waals surface area contributed by atoms with E-state index in [9.17, 15) is 28.1 Å². The number of carbonyl (C=O) groups is 1. The Labute approximate surface area is 192 Å². The van der Waals surface area contributed by atoms with E-state index in [1.165, 1.54) is 6.07 Å². The highest BCUT2D eigenvalue weighted by Crippen LogP contribution is 2.34. The van der Waals surface area contributed by atoms with Crippen molar-refractivity contribution in [2.75, 3.05) is 36.4 Å². The Balaban J connectivity index is 1.47. The zero-order valence-electron chi connectivity index (χ0n) is 17.4. The first-order valence-electron chi connectivity index (χ1n) is 10.5. The molecular weight excluding hydrogens is 463 g/mol. The monoisotopic (exact) mass is 483 g/mol. The van der Waals surface area contributed by atoms with Gasteiger partial charge in [0.1, 0.15) is 11.5 Å². The molecule has 1 saturated heterocycles. The summed E-state index contributed by atoms with van der Waals surface area (Å²) in [5, 5.41) is 14.5. The van der Waals surface area contributed by atoms with Crippen molar-refractivity contribution in [3.63, 3.8) is 0 Å². The van der Waals surface area contributed by atoms with Crippen molar-refractivity contribution in [2.24, 2.45) is 0 Å². The van der Waals surface area contributed by atoms with Crippen molar-refractivity contribution in [2.45, 2.75) is 31.5 Å². The van der Waals surface area contributed by atoms with Crippen LogP contribution >= 0.6 is 11.6 Å². The van der Waals surface area contributed by atoms with E-state index in [1.807, 2.05) is 0 Å². The fraction of sp³-hybridized carbons (Fsp3) is 0.429. The van der Waals surface area contributed by atoms with Gasteiger partial charge in [-0.25, -0.2) is 4.98 Å². The molecule has 2 fully saturated rings. The highest BCUT2D eigenvalue weighted by molar-refractivity contribution is 6.33. The molecule has 12 heteroatoms. The summed E-state index contributed by atoms with van der Waals surface area (Å²) in [7, 11) is 0. The molecule has 1 N–H and O–H groups in total. The number of nitro groups is 1. The van der Waals surface area contributed by atoms with E-state index in [1.54, 1.807) is 21.9 Å². The van der Waals surface area contributed by atoms with Crippen LogP contribution in [0.3, 0.4) is 0 Å². The van der Waals surface area contributed by atoms with Crippen molar-refractivity contribution in [3.05, 3.63) is 56.7 Å². The maximum Gasteiger partial charge on any atom is 0.417 e. The molecule has 2 heterocycles. The Kier molecular flexibility index (Phi) is 6.33. The van der Waals surface area contributed by atoms with Crippen LogP contribution < -0.4 is 10.2 Å². The number of nitrogens with one attached hydrogen (secondary N) is 1. The highest BCUT2D eigenvalue weighted by Gasteiger charge is 2.32. The van der Waals surface area contributed by atoms with Gasteiger partial charge in [0.05, 0.1) is 15.5 Å². The Bertz CT molecular complexity index is 1080. The molecule has 1 aromatic carbocycles. The third-order valence-electron chi connectivity index (χ3n) is 5.61. The minimum absolute atomic E-state index is 0.112. The number of anilines is 2. The van der Waals surface area contributed by atoms with Crippen LogP contribution in [0.2, 0.25) is 5.02 Å². The molecule has 8 nitrogen and oxygen atoms in total. The number of hydrogen-bond donors (Lipinski definition) is 1. The van der Waals surface area contributed by atoms with Gasteiger partial charge in [-0.1, -0.05) is 11.6 Å². The van der Waals surface area contributed by atoms with Crippen LogP contribution in [-0.2, 0) is 6.18 Å². The Morgan fingerprint density at radius 2 is 1.94 bits per heavy atom. The fourth-order valence-electron chi connectivity index (χ4n) is 3.72. The molecule has 1 aliphatic heterocycles. The molecule has 0 bridgehead atoms. The number of halogens is 4. The van der Waals surface area contributed by atoms with Crippen molar-refractivity contribution in [1.82, 2.24) is 9.88 Å². The van der Waals surface area contributed by atoms with Crippen molar-refractivity contribution < 1.29 is 22.9 Å². The van der Waals surface area contributed by atoms with Crippen LogP contribution in [0.1, 0.15) is 35.2 Å². The second-order valence-corrected chi connectivity index (χ2v) is 8.47. The van der Waals surface area contributed by atoms with E-state index in [2.05, 4.69) is 10.3 Å². The average molecular weight is 484 g/mol. The van der Waals surface area contributed by atoms with Gasteiger partial charge in [-0.15, -0.1) is 0 Å². The molecule has 0 unspecified atom stereocenters. The summed E-state index contributed by atoms with van der Waals surface area (Å²) >= 11 is 6.06. The Morgan fingerprint density at radius 1 is 1.18 bits per heavy atom. The van der Waals surface area contributed by atoms with Gasteiger partial charge in [-0.05, 0) is 37.5 Å². The molecule has 1 aliphatic carbocycles. The number of benzene rings is 1. The van der Waals surface area contributed by atoms with Gasteiger partial charge in [0, 0.05) is 50.0 Å². The van der Waals surface area contributed by atoms with Gasteiger partial charge >= 0.3 is 6.18 Å². The van der Waals surface area contributed by atoms with Crippen molar-refractivity contribution in [1.29, 1.82) is 0 Å². The number of carbonyl (C=O) groups excluding carboxylic acids is 1. The number of nitro benzene ring substituents is 1. The predicted molar refractivity (Wildman–Crippen MR) is 117 cm³/mol. The van der Waals surface area contributed by atoms with E-state index < -0.39 is 16.7 Å². The maximum atomic E-state index is 13.0. The van der Waals surface area contributed by atoms with Crippen molar-refractivity contribution in [3.8, 4) is 0 Å². The van der Waals surface area contributed by atoms with E-state index >= 15 is 0 Å². The minimum atomic E-state index is -4.54. The highest BCUT2D eigenvalue weighted by atomic mass is 35.5. The smallest absolute Gasteiger partial charge is 0.377 e. The minimum Gasteiger partial charge on any atom is -0.377 e. The van der Waals surface area contributed by atoms with E-state index in [0.717, 1.165) is 25.1 Å². The third-order valence-corrected chi connectivity index (χ3v) is 5.89. The summed E-state index contributed by atoms with van der Waals surface area (Å²) in [6.07, 6.45) is -1.34. The Hall–Kier alpha value is -3.08. The van der Waals surface area contributed by atoms with Gasteiger partial charge in [-0.2, -0.15) is 13.2 Å². The van der Waals surface area contributed by atoms with Crippen molar-refractivity contribution >= 4 is 34.7 Å². The Morgan fingerprint density at radius 3 is 2.58 bits per heavy atom. The number of rotatable bonds is 5. The second kappa shape index (κ2) is 9.05. The number of alkyl halides is 3. The largest absolute Gasteiger partial charge is 0.417 e. The molecule has 0 atom stereocenters. The quantitative estimate of drug-likeness (QED) is 0.494. The van der Waals surface area contributed by atoms with Crippen LogP contribution in [-0.4, -0.2) is 52.9 Å². The summed E-state index contributed by atoms with van der Waals surface area (Å²) < 4.78 is 38.6. The van der Waals surface area contributed by atoms with E-state index in [-0.39, 0.29) is 40.6 Å². The summed E-state index contributed by atoms with van der Waals surface area (Å²) in [6.45, 7) is 1.43. The summed E-state index contributed by atoms with van der Waals surface area (Å²) in [5.74, 6) is -0.116. The lowest BCUT2D eigenvalue weighted by Crippen LogP contribution is -2.35. The molecule has 4 rings (SSSR count). The van der Waals surface area contributed by atoms with Crippen LogP contribution in [0.4, 0.5) is 30.4 Å². The lowest BCUT2D eigenvalue weighted by molar-refractivity contribution is -0.384. The SMILES string of the molecule is O=C(c1ccc(NC2CC2)c([N+](=O)[O-])c1)N1CCCN(c2ncc(C(F)(F)F)cc2Cl)CC1. The molecule has 0 radical (unpaired) electrons. The normalized spacial score (nSPS) is 17.0. The number of aromatic nitrogens is 1. The number of nitrogens with zero attached hydrogens (tertiary/aromatic N) is 4. The van der Waals surface area contributed by atoms with Crippen LogP contribution in [0.5, 0.6) is 0 Å². The summed E-state index contributed by atoms with van der Waals surface area (Å²) in [4.78, 5) is 31.2. The molecule has 2 aliphatic rings. The van der Waals surface area contributed by atoms with Gasteiger partial charge in [0.25, 0.3) is 11.6 Å². The van der Waals surface area contributed by atoms with Gasteiger partial charge in [0.2, 0.25) is 0 Å². The number of hydrogen-bond acceptors (Lipinski definition) is 6. The molecule has 2 aromatic rings. The van der Waals surface area contributed by atoms with Crippen LogP contribution in [0, 0.1) is 10.1 Å².